The molecule has 0 atom stereocenters. The molecule has 2 amide bonds. The van der Waals surface area contributed by atoms with E-state index in [0.29, 0.717) is 19.5 Å². The Kier molecular flexibility index (Phi) is 4.82. The average Bonchev–Trinajstić information content (AvgIpc) is 2.95. The van der Waals surface area contributed by atoms with Crippen molar-refractivity contribution in [2.45, 2.75) is 11.3 Å². The van der Waals surface area contributed by atoms with Gasteiger partial charge in [0.25, 0.3) is 11.8 Å². The van der Waals surface area contributed by atoms with Gasteiger partial charge in [-0.3, -0.25) is 9.59 Å². The Morgan fingerprint density at radius 2 is 1.82 bits per heavy atom. The lowest BCUT2D eigenvalue weighted by Crippen LogP contribution is -2.46. The molecule has 1 aromatic carbocycles. The fraction of sp³-hybridized carbons (Fsp3) is 0.429. The van der Waals surface area contributed by atoms with Crippen LogP contribution in [0.1, 0.15) is 16.8 Å². The number of hydrogen-bond donors (Lipinski definition) is 0. The van der Waals surface area contributed by atoms with E-state index in [2.05, 4.69) is 0 Å². The van der Waals surface area contributed by atoms with Gasteiger partial charge in [-0.05, 0) is 18.6 Å². The monoisotopic (exact) mass is 326 g/mol. The Labute approximate surface area is 129 Å². The third-order valence-corrected chi connectivity index (χ3v) is 4.49. The van der Waals surface area contributed by atoms with Gasteiger partial charge in [-0.15, -0.1) is 0 Å². The van der Waals surface area contributed by atoms with Crippen molar-refractivity contribution in [3.8, 4) is 0 Å². The molecule has 7 nitrogen and oxygen atoms in total. The first kappa shape index (κ1) is 16.4. The molecule has 0 bridgehead atoms. The molecule has 120 valence electrons. The lowest BCUT2D eigenvalue weighted by molar-refractivity contribution is -0.144. The molecule has 0 unspecified atom stereocenters. The summed E-state index contributed by atoms with van der Waals surface area (Å²) in [4.78, 5) is 24.6. The number of ether oxygens (including phenoxy) is 1. The van der Waals surface area contributed by atoms with E-state index in [-0.39, 0.29) is 23.0 Å². The summed E-state index contributed by atoms with van der Waals surface area (Å²) in [5.74, 6) is -0.826. The van der Waals surface area contributed by atoms with Gasteiger partial charge in [-0.2, -0.15) is 0 Å². The van der Waals surface area contributed by atoms with Gasteiger partial charge in [-0.1, -0.05) is 12.1 Å². The molecule has 1 heterocycles. The summed E-state index contributed by atoms with van der Waals surface area (Å²) in [6, 6.07) is 6.00. The van der Waals surface area contributed by atoms with Crippen LogP contribution in [0.15, 0.2) is 29.2 Å². The first-order valence-electron chi connectivity index (χ1n) is 6.76. The third kappa shape index (κ3) is 3.28. The van der Waals surface area contributed by atoms with E-state index in [9.17, 15) is 18.0 Å². The number of carbonyl (C=O) groups is 2. The minimum Gasteiger partial charge on any atom is -0.375 e. The Morgan fingerprint density at radius 1 is 1.18 bits per heavy atom. The van der Waals surface area contributed by atoms with Gasteiger partial charge >= 0.3 is 0 Å². The van der Waals surface area contributed by atoms with Crippen molar-refractivity contribution in [2.75, 3.05) is 33.1 Å². The topological polar surface area (TPSA) is 84.0 Å². The maximum atomic E-state index is 12.7. The highest BCUT2D eigenvalue weighted by Crippen LogP contribution is 2.21. The molecule has 0 N–H and O–H groups in total. The quantitative estimate of drug-likeness (QED) is 0.796. The number of hydrazine groups is 1. The highest BCUT2D eigenvalue weighted by molar-refractivity contribution is 7.90. The highest BCUT2D eigenvalue weighted by Gasteiger charge is 2.33. The standard InChI is InChI=1S/C14H18N2O5S/c1-21-10-13(17)15-8-5-9-16(15)14(18)11-6-3-4-7-12(11)22(2,19)20/h3-4,6-7H,5,8-10H2,1-2H3. The molecule has 22 heavy (non-hydrogen) atoms. The lowest BCUT2D eigenvalue weighted by Gasteiger charge is -2.28. The van der Waals surface area contributed by atoms with Crippen LogP contribution in [-0.4, -0.2) is 63.3 Å². The fourth-order valence-corrected chi connectivity index (χ4v) is 3.27. The van der Waals surface area contributed by atoms with Gasteiger partial charge in [0.1, 0.15) is 6.61 Å². The maximum absolute atomic E-state index is 12.7. The first-order valence-corrected chi connectivity index (χ1v) is 8.65. The van der Waals surface area contributed by atoms with Crippen LogP contribution in [0, 0.1) is 0 Å². The normalized spacial score (nSPS) is 15.2. The van der Waals surface area contributed by atoms with Crippen LogP contribution in [0.4, 0.5) is 0 Å². The number of nitrogens with zero attached hydrogens (tertiary/aromatic N) is 2. The number of benzene rings is 1. The molecule has 0 spiro atoms. The van der Waals surface area contributed by atoms with E-state index >= 15 is 0 Å². The molecule has 1 aromatic rings. The van der Waals surface area contributed by atoms with E-state index in [1.165, 1.54) is 29.3 Å². The van der Waals surface area contributed by atoms with Crippen LogP contribution in [0.25, 0.3) is 0 Å². The van der Waals surface area contributed by atoms with Crippen molar-refractivity contribution < 1.29 is 22.7 Å². The number of hydrogen-bond acceptors (Lipinski definition) is 5. The molecule has 1 fully saturated rings. The molecule has 0 aromatic heterocycles. The molecular formula is C14H18N2O5S. The average molecular weight is 326 g/mol. The zero-order chi connectivity index (χ0) is 16.3. The van der Waals surface area contributed by atoms with E-state index < -0.39 is 15.7 Å². The Bertz CT molecular complexity index is 686. The van der Waals surface area contributed by atoms with E-state index in [4.69, 9.17) is 4.74 Å². The van der Waals surface area contributed by atoms with Crippen LogP contribution in [0.3, 0.4) is 0 Å². The summed E-state index contributed by atoms with van der Waals surface area (Å²) < 4.78 is 28.4. The summed E-state index contributed by atoms with van der Waals surface area (Å²) in [5.41, 5.74) is 0.0714. The number of methoxy groups -OCH3 is 1. The Morgan fingerprint density at radius 3 is 2.45 bits per heavy atom. The molecule has 1 saturated heterocycles. The van der Waals surface area contributed by atoms with Crippen LogP contribution < -0.4 is 0 Å². The van der Waals surface area contributed by atoms with Crippen molar-refractivity contribution in [2.24, 2.45) is 0 Å². The molecule has 2 rings (SSSR count). The van der Waals surface area contributed by atoms with Gasteiger partial charge < -0.3 is 4.74 Å². The largest absolute Gasteiger partial charge is 0.375 e. The van der Waals surface area contributed by atoms with Gasteiger partial charge in [0.2, 0.25) is 0 Å². The summed E-state index contributed by atoms with van der Waals surface area (Å²) in [6.45, 7) is 0.652. The molecular weight excluding hydrogens is 308 g/mol. The highest BCUT2D eigenvalue weighted by atomic mass is 32.2. The summed E-state index contributed by atoms with van der Waals surface area (Å²) in [6.07, 6.45) is 1.69. The van der Waals surface area contributed by atoms with Gasteiger partial charge in [0, 0.05) is 26.5 Å². The summed E-state index contributed by atoms with van der Waals surface area (Å²) >= 11 is 0. The van der Waals surface area contributed by atoms with Crippen molar-refractivity contribution in [3.63, 3.8) is 0 Å². The van der Waals surface area contributed by atoms with Gasteiger partial charge in [-0.25, -0.2) is 18.4 Å². The minimum absolute atomic E-state index is 0.0361. The summed E-state index contributed by atoms with van der Waals surface area (Å²) in [5, 5.41) is 2.59. The number of sulfone groups is 1. The SMILES string of the molecule is COCC(=O)N1CCCN1C(=O)c1ccccc1S(C)(=O)=O. The van der Waals surface area contributed by atoms with E-state index in [0.717, 1.165) is 6.26 Å². The predicted molar refractivity (Wildman–Crippen MR) is 78.8 cm³/mol. The first-order chi connectivity index (χ1) is 10.4. The lowest BCUT2D eigenvalue weighted by atomic mass is 10.2. The molecule has 0 radical (unpaired) electrons. The maximum Gasteiger partial charge on any atom is 0.273 e. The minimum atomic E-state index is -3.53. The van der Waals surface area contributed by atoms with Crippen LogP contribution in [-0.2, 0) is 19.4 Å². The predicted octanol–water partition coefficient (Wildman–Crippen LogP) is 0.326. The number of rotatable bonds is 4. The fourth-order valence-electron chi connectivity index (χ4n) is 2.39. The van der Waals surface area contributed by atoms with Crippen LogP contribution in [0.2, 0.25) is 0 Å². The van der Waals surface area contributed by atoms with Crippen molar-refractivity contribution in [3.05, 3.63) is 29.8 Å². The van der Waals surface area contributed by atoms with Crippen molar-refractivity contribution in [1.82, 2.24) is 10.0 Å². The second-order valence-electron chi connectivity index (χ2n) is 5.00. The Hall–Kier alpha value is -1.93. The zero-order valence-electron chi connectivity index (χ0n) is 12.5. The smallest absolute Gasteiger partial charge is 0.273 e. The molecule has 1 aliphatic rings. The molecule has 0 aliphatic carbocycles. The zero-order valence-corrected chi connectivity index (χ0v) is 13.3. The number of carbonyl (C=O) groups excluding carboxylic acids is 2. The molecule has 8 heteroatoms. The second kappa shape index (κ2) is 6.45. The van der Waals surface area contributed by atoms with Crippen molar-refractivity contribution in [1.29, 1.82) is 0 Å². The molecule has 0 saturated carbocycles. The summed E-state index contributed by atoms with van der Waals surface area (Å²) in [7, 11) is -2.13. The van der Waals surface area contributed by atoms with E-state index in [1.807, 2.05) is 0 Å². The van der Waals surface area contributed by atoms with Crippen LogP contribution in [0.5, 0.6) is 0 Å². The second-order valence-corrected chi connectivity index (χ2v) is 6.98. The Balaban J connectivity index is 2.34. The van der Waals surface area contributed by atoms with E-state index in [1.54, 1.807) is 12.1 Å². The molecule has 1 aliphatic heterocycles. The van der Waals surface area contributed by atoms with Crippen molar-refractivity contribution >= 4 is 21.7 Å². The van der Waals surface area contributed by atoms with Gasteiger partial charge in [0.05, 0.1) is 10.5 Å². The third-order valence-electron chi connectivity index (χ3n) is 3.34. The van der Waals surface area contributed by atoms with Crippen LogP contribution >= 0.6 is 0 Å². The number of amides is 2. The van der Waals surface area contributed by atoms with Gasteiger partial charge in [0.15, 0.2) is 9.84 Å².